The highest BCUT2D eigenvalue weighted by Crippen LogP contribution is 2.39. The fourth-order valence-electron chi connectivity index (χ4n) is 5.24. The van der Waals surface area contributed by atoms with Crippen LogP contribution in [0.4, 0.5) is 0 Å². The zero-order valence-corrected chi connectivity index (χ0v) is 39.2. The van der Waals surface area contributed by atoms with Crippen molar-refractivity contribution in [2.24, 2.45) is 0 Å². The summed E-state index contributed by atoms with van der Waals surface area (Å²) >= 11 is 0. The van der Waals surface area contributed by atoms with Crippen molar-refractivity contribution in [3.8, 4) is 0 Å². The van der Waals surface area contributed by atoms with Gasteiger partial charge in [0.2, 0.25) is 0 Å². The average molecular weight is 786 g/mol. The molecule has 7 nitrogen and oxygen atoms in total. The third-order valence-electron chi connectivity index (χ3n) is 10.1. The lowest BCUT2D eigenvalue weighted by atomic mass is 9.88. The van der Waals surface area contributed by atoms with Crippen LogP contribution in [0.15, 0.2) is 86.0 Å². The molecule has 314 valence electrons. The predicted molar refractivity (Wildman–Crippen MR) is 244 cm³/mol. The third kappa shape index (κ3) is 17.2. The van der Waals surface area contributed by atoms with Gasteiger partial charge in [-0.15, -0.1) is 0 Å². The summed E-state index contributed by atoms with van der Waals surface area (Å²) < 4.78 is 0. The van der Waals surface area contributed by atoms with Gasteiger partial charge in [-0.3, -0.25) is 15.0 Å². The Morgan fingerprint density at radius 3 is 1.12 bits per heavy atom. The van der Waals surface area contributed by atoms with Gasteiger partial charge < -0.3 is 0 Å². The smallest absolute Gasteiger partial charge is 0.131 e. The summed E-state index contributed by atoms with van der Waals surface area (Å²) in [6, 6.07) is 12.7. The fourth-order valence-corrected chi connectivity index (χ4v) is 5.24. The van der Waals surface area contributed by atoms with Gasteiger partial charge in [0.25, 0.3) is 0 Å². The van der Waals surface area contributed by atoms with Crippen LogP contribution in [-0.4, -0.2) is 34.9 Å². The van der Waals surface area contributed by atoms with E-state index in [9.17, 15) is 0 Å². The standard InChI is InChI=1S/C12H17N.C11H16N2.C10H15N.C9H14N2.C9H13N/c1-12(2,3)10-6-7-11(13-8-10)9-4-5-9;1-11(2,3)9-6-12-10(13-7-9)8-4-5-8;1-8-5-6-9(7-11-8)10(2,3)4;1-7-10-5-8(6-11-7)9(2,3)4;1-9(2,3)8-5-4-6-10-7-8/h6-9H,4-5H2,1-3H3;6-8H,4-5H2,1-3H3;5-7H,1-4H3;5-6H,1-4H3;4-7H,1-3H3. The summed E-state index contributed by atoms with van der Waals surface area (Å²) in [5.74, 6) is 3.30. The first-order valence-electron chi connectivity index (χ1n) is 21.2. The van der Waals surface area contributed by atoms with Gasteiger partial charge in [0, 0.05) is 72.8 Å². The number of pyridine rings is 3. The lowest BCUT2D eigenvalue weighted by Crippen LogP contribution is -2.12. The van der Waals surface area contributed by atoms with Crippen molar-refractivity contribution in [1.82, 2.24) is 34.9 Å². The van der Waals surface area contributed by atoms with Gasteiger partial charge in [-0.1, -0.05) is 122 Å². The Balaban J connectivity index is 0.000000195. The molecule has 2 aliphatic carbocycles. The van der Waals surface area contributed by atoms with Crippen LogP contribution in [0.3, 0.4) is 0 Å². The van der Waals surface area contributed by atoms with Crippen molar-refractivity contribution >= 4 is 0 Å². The Morgan fingerprint density at radius 2 is 0.793 bits per heavy atom. The zero-order valence-electron chi connectivity index (χ0n) is 39.2. The van der Waals surface area contributed by atoms with Crippen LogP contribution in [-0.2, 0) is 27.1 Å². The van der Waals surface area contributed by atoms with Crippen LogP contribution < -0.4 is 0 Å². The first-order chi connectivity index (χ1) is 26.7. The van der Waals surface area contributed by atoms with Crippen molar-refractivity contribution in [3.05, 3.63) is 137 Å². The molecule has 2 fully saturated rings. The number of aromatic nitrogens is 7. The van der Waals surface area contributed by atoms with Crippen LogP contribution in [0, 0.1) is 13.8 Å². The largest absolute Gasteiger partial charge is 0.264 e. The molecule has 2 saturated carbocycles. The second-order valence-electron chi connectivity index (χ2n) is 21.0. The van der Waals surface area contributed by atoms with E-state index in [1.807, 2.05) is 63.3 Å². The van der Waals surface area contributed by atoms with Crippen LogP contribution in [0.25, 0.3) is 0 Å². The van der Waals surface area contributed by atoms with Crippen molar-refractivity contribution in [2.75, 3.05) is 0 Å². The van der Waals surface area contributed by atoms with Crippen molar-refractivity contribution in [2.45, 2.75) is 182 Å². The summed E-state index contributed by atoms with van der Waals surface area (Å²) in [7, 11) is 0. The molecule has 0 spiro atoms. The summed E-state index contributed by atoms with van der Waals surface area (Å²) in [5.41, 5.74) is 9.70. The molecule has 0 bridgehead atoms. The lowest BCUT2D eigenvalue weighted by Gasteiger charge is -2.18. The van der Waals surface area contributed by atoms with E-state index in [1.54, 1.807) is 6.20 Å². The van der Waals surface area contributed by atoms with E-state index < -0.39 is 0 Å². The van der Waals surface area contributed by atoms with E-state index in [1.165, 1.54) is 59.2 Å². The second-order valence-corrected chi connectivity index (χ2v) is 21.0. The summed E-state index contributed by atoms with van der Waals surface area (Å²) in [6.07, 6.45) is 20.7. The molecular weight excluding hydrogens is 711 g/mol. The van der Waals surface area contributed by atoms with Crippen LogP contribution >= 0.6 is 0 Å². The normalized spacial score (nSPS) is 14.2. The minimum absolute atomic E-state index is 0.160. The zero-order chi connectivity index (χ0) is 43.5. The van der Waals surface area contributed by atoms with Gasteiger partial charge in [-0.25, -0.2) is 19.9 Å². The Hall–Kier alpha value is -4.39. The molecule has 58 heavy (non-hydrogen) atoms. The molecule has 0 radical (unpaired) electrons. The first kappa shape index (κ1) is 48.0. The number of rotatable bonds is 2. The molecule has 0 unspecified atom stereocenters. The average Bonchev–Trinajstić information content (AvgIpc) is 4.07. The highest BCUT2D eigenvalue weighted by atomic mass is 14.9. The topological polar surface area (TPSA) is 90.2 Å². The van der Waals surface area contributed by atoms with Crippen molar-refractivity contribution in [1.29, 1.82) is 0 Å². The van der Waals surface area contributed by atoms with Crippen LogP contribution in [0.5, 0.6) is 0 Å². The third-order valence-corrected chi connectivity index (χ3v) is 10.1. The van der Waals surface area contributed by atoms with Crippen molar-refractivity contribution in [3.63, 3.8) is 0 Å². The van der Waals surface area contributed by atoms with Gasteiger partial charge in [0.15, 0.2) is 0 Å². The minimum Gasteiger partial charge on any atom is -0.264 e. The molecule has 5 aromatic rings. The number of hydrogen-bond acceptors (Lipinski definition) is 7. The van der Waals surface area contributed by atoms with Gasteiger partial charge >= 0.3 is 0 Å². The molecule has 5 aromatic heterocycles. The highest BCUT2D eigenvalue weighted by molar-refractivity contribution is 5.25. The Bertz CT molecular complexity index is 1790. The SMILES string of the molecule is CC(C)(C)c1ccc(C2CC2)nc1.CC(C)(C)c1cccnc1.CC(C)(C)c1cnc(C2CC2)nc1.Cc1ccc(C(C)(C)C)cn1.Cc1ncc(C(C)(C)C)cn1. The molecular formula is C51H75N7. The maximum atomic E-state index is 4.51. The van der Waals surface area contributed by atoms with Gasteiger partial charge in [-0.05, 0) is 113 Å². The first-order valence-corrected chi connectivity index (χ1v) is 21.2. The van der Waals surface area contributed by atoms with E-state index in [0.717, 1.165) is 23.3 Å². The van der Waals surface area contributed by atoms with E-state index in [4.69, 9.17) is 0 Å². The molecule has 7 heteroatoms. The molecule has 0 aliphatic heterocycles. The molecule has 7 rings (SSSR count). The van der Waals surface area contributed by atoms with Crippen LogP contribution in [0.2, 0.25) is 0 Å². The van der Waals surface area contributed by atoms with E-state index >= 15 is 0 Å². The quantitative estimate of drug-likeness (QED) is 0.176. The summed E-state index contributed by atoms with van der Waals surface area (Å²) in [5, 5.41) is 0. The van der Waals surface area contributed by atoms with Gasteiger partial charge in [-0.2, -0.15) is 0 Å². The molecule has 0 amide bonds. The monoisotopic (exact) mass is 786 g/mol. The minimum atomic E-state index is 0.160. The number of hydrogen-bond donors (Lipinski definition) is 0. The number of nitrogens with zero attached hydrogens (tertiary/aromatic N) is 7. The maximum absolute atomic E-state index is 4.51. The Morgan fingerprint density at radius 1 is 0.397 bits per heavy atom. The second kappa shape index (κ2) is 20.0. The molecule has 0 atom stereocenters. The highest BCUT2D eigenvalue weighted by Gasteiger charge is 2.27. The number of aryl methyl sites for hydroxylation is 2. The lowest BCUT2D eigenvalue weighted by molar-refractivity contribution is 0.582. The molecule has 0 N–H and O–H groups in total. The fraction of sp³-hybridized carbons (Fsp3) is 0.549. The summed E-state index contributed by atoms with van der Waals surface area (Å²) in [6.45, 7) is 36.7. The molecule has 5 heterocycles. The van der Waals surface area contributed by atoms with Crippen molar-refractivity contribution < 1.29 is 0 Å². The van der Waals surface area contributed by atoms with E-state index in [0.29, 0.717) is 5.92 Å². The Kier molecular flexibility index (Phi) is 16.6. The van der Waals surface area contributed by atoms with Gasteiger partial charge in [0.1, 0.15) is 11.6 Å². The van der Waals surface area contributed by atoms with Crippen LogP contribution in [0.1, 0.15) is 192 Å². The summed E-state index contributed by atoms with van der Waals surface area (Å²) in [4.78, 5) is 29.9. The Labute approximate surface area is 352 Å². The van der Waals surface area contributed by atoms with Gasteiger partial charge in [0.05, 0.1) is 0 Å². The van der Waals surface area contributed by atoms with E-state index in [2.05, 4.69) is 169 Å². The molecule has 0 aromatic carbocycles. The predicted octanol–water partition coefficient (Wildman–Crippen LogP) is 13.1. The molecule has 2 aliphatic rings. The van der Waals surface area contributed by atoms with E-state index in [-0.39, 0.29) is 27.1 Å². The molecule has 0 saturated heterocycles. The maximum Gasteiger partial charge on any atom is 0.131 e.